The Labute approximate surface area is 194 Å². The minimum absolute atomic E-state index is 0.0997. The van der Waals surface area contributed by atoms with E-state index in [0.717, 1.165) is 17.9 Å². The molecule has 0 amide bonds. The zero-order chi connectivity index (χ0) is 24.3. The summed E-state index contributed by atoms with van der Waals surface area (Å²) >= 11 is 0. The standard InChI is InChI=1S/C22H21FN6O4S/c1-13-25-21(29-33-13)16-11-24-22(26-15-8-9-19(17(23)10-15)34(2,31)32)28-20(16)27-18(12-30)14-6-4-3-5-7-14/h3-11,18,30H,12H2,1-2H3,(H2,24,26,27,28)/t18-/m1/s1. The third kappa shape index (κ3) is 5.18. The van der Waals surface area contributed by atoms with Gasteiger partial charge in [0.25, 0.3) is 0 Å². The fraction of sp³-hybridized carbons (Fsp3) is 0.182. The monoisotopic (exact) mass is 484 g/mol. The molecule has 176 valence electrons. The first-order chi connectivity index (χ1) is 16.2. The second-order valence-electron chi connectivity index (χ2n) is 7.43. The van der Waals surface area contributed by atoms with Crippen LogP contribution in [0.25, 0.3) is 11.4 Å². The summed E-state index contributed by atoms with van der Waals surface area (Å²) in [5.74, 6) is 0.109. The summed E-state index contributed by atoms with van der Waals surface area (Å²) in [4.78, 5) is 12.5. The summed E-state index contributed by atoms with van der Waals surface area (Å²) in [6, 6.07) is 12.4. The summed E-state index contributed by atoms with van der Waals surface area (Å²) in [7, 11) is -3.70. The topological polar surface area (TPSA) is 143 Å². The van der Waals surface area contributed by atoms with Crippen LogP contribution in [0.5, 0.6) is 0 Å². The van der Waals surface area contributed by atoms with Crippen LogP contribution in [0.1, 0.15) is 17.5 Å². The molecule has 4 rings (SSSR count). The number of sulfone groups is 1. The van der Waals surface area contributed by atoms with Crippen molar-refractivity contribution in [2.45, 2.75) is 17.9 Å². The number of aromatic nitrogens is 4. The lowest BCUT2D eigenvalue weighted by Crippen LogP contribution is -2.17. The van der Waals surface area contributed by atoms with Crippen LogP contribution in [0, 0.1) is 12.7 Å². The first-order valence-electron chi connectivity index (χ1n) is 10.1. The van der Waals surface area contributed by atoms with Crippen LogP contribution in [0.15, 0.2) is 64.1 Å². The molecule has 10 nitrogen and oxygen atoms in total. The van der Waals surface area contributed by atoms with Crippen molar-refractivity contribution >= 4 is 27.3 Å². The van der Waals surface area contributed by atoms with Crippen molar-refractivity contribution in [1.29, 1.82) is 0 Å². The molecule has 0 saturated heterocycles. The van der Waals surface area contributed by atoms with Gasteiger partial charge in [0.05, 0.1) is 18.2 Å². The van der Waals surface area contributed by atoms with E-state index in [4.69, 9.17) is 4.52 Å². The normalized spacial score (nSPS) is 12.4. The lowest BCUT2D eigenvalue weighted by molar-refractivity contribution is 0.276. The minimum atomic E-state index is -3.70. The Bertz CT molecular complexity index is 1410. The van der Waals surface area contributed by atoms with Gasteiger partial charge in [-0.2, -0.15) is 9.97 Å². The predicted molar refractivity (Wildman–Crippen MR) is 123 cm³/mol. The molecule has 2 heterocycles. The van der Waals surface area contributed by atoms with Crippen LogP contribution < -0.4 is 10.6 Å². The Morgan fingerprint density at radius 2 is 1.91 bits per heavy atom. The molecule has 0 aliphatic rings. The van der Waals surface area contributed by atoms with Gasteiger partial charge in [-0.05, 0) is 23.8 Å². The maximum atomic E-state index is 14.3. The molecule has 0 radical (unpaired) electrons. The van der Waals surface area contributed by atoms with E-state index in [1.54, 1.807) is 6.92 Å². The maximum absolute atomic E-state index is 14.3. The summed E-state index contributed by atoms with van der Waals surface area (Å²) < 4.78 is 42.7. The van der Waals surface area contributed by atoms with Gasteiger partial charge in [0.2, 0.25) is 17.7 Å². The van der Waals surface area contributed by atoms with Crippen molar-refractivity contribution in [3.8, 4) is 11.4 Å². The SMILES string of the molecule is Cc1nc(-c2cnc(Nc3ccc(S(C)(=O)=O)c(F)c3)nc2N[C@H](CO)c2ccccc2)no1. The van der Waals surface area contributed by atoms with Gasteiger partial charge in [0, 0.05) is 25.1 Å². The first-order valence-corrected chi connectivity index (χ1v) is 12.0. The molecular formula is C22H21FN6O4S. The molecule has 0 aliphatic carbocycles. The van der Waals surface area contributed by atoms with Gasteiger partial charge in [-0.1, -0.05) is 35.5 Å². The summed E-state index contributed by atoms with van der Waals surface area (Å²) in [6.45, 7) is 1.43. The van der Waals surface area contributed by atoms with Crippen molar-refractivity contribution in [1.82, 2.24) is 20.1 Å². The van der Waals surface area contributed by atoms with Crippen molar-refractivity contribution < 1.29 is 22.4 Å². The van der Waals surface area contributed by atoms with Gasteiger partial charge in [-0.3, -0.25) is 0 Å². The molecule has 0 saturated carbocycles. The Hall–Kier alpha value is -3.90. The van der Waals surface area contributed by atoms with E-state index in [9.17, 15) is 17.9 Å². The Balaban J connectivity index is 1.69. The average molecular weight is 485 g/mol. The van der Waals surface area contributed by atoms with Crippen LogP contribution >= 0.6 is 0 Å². The zero-order valence-corrected chi connectivity index (χ0v) is 19.0. The largest absolute Gasteiger partial charge is 0.394 e. The van der Waals surface area contributed by atoms with Crippen LogP contribution in [-0.2, 0) is 9.84 Å². The average Bonchev–Trinajstić information content (AvgIpc) is 3.23. The number of aryl methyl sites for hydroxylation is 1. The van der Waals surface area contributed by atoms with Gasteiger partial charge in [0.15, 0.2) is 9.84 Å². The van der Waals surface area contributed by atoms with Gasteiger partial charge < -0.3 is 20.3 Å². The van der Waals surface area contributed by atoms with E-state index >= 15 is 0 Å². The number of hydrogen-bond donors (Lipinski definition) is 3. The van der Waals surface area contributed by atoms with Crippen molar-refractivity contribution in [2.75, 3.05) is 23.5 Å². The summed E-state index contributed by atoms with van der Waals surface area (Å²) in [5.41, 5.74) is 1.50. The fourth-order valence-corrected chi connectivity index (χ4v) is 3.95. The zero-order valence-electron chi connectivity index (χ0n) is 18.2. The molecule has 1 atom stereocenters. The third-order valence-corrected chi connectivity index (χ3v) is 5.97. The fourth-order valence-electron chi connectivity index (χ4n) is 3.22. The molecule has 2 aromatic carbocycles. The molecule has 34 heavy (non-hydrogen) atoms. The molecule has 0 fully saturated rings. The number of anilines is 3. The highest BCUT2D eigenvalue weighted by Crippen LogP contribution is 2.29. The van der Waals surface area contributed by atoms with Crippen molar-refractivity contribution in [3.05, 3.63) is 72.0 Å². The Morgan fingerprint density at radius 3 is 2.53 bits per heavy atom. The molecule has 12 heteroatoms. The summed E-state index contributed by atoms with van der Waals surface area (Å²) in [5, 5.41) is 19.9. The number of benzene rings is 2. The molecule has 0 spiro atoms. The highest BCUT2D eigenvalue weighted by atomic mass is 32.2. The highest BCUT2D eigenvalue weighted by Gasteiger charge is 2.19. The number of aliphatic hydroxyl groups is 1. The van der Waals surface area contributed by atoms with Gasteiger partial charge >= 0.3 is 0 Å². The lowest BCUT2D eigenvalue weighted by atomic mass is 10.1. The second kappa shape index (κ2) is 9.53. The Morgan fingerprint density at radius 1 is 1.15 bits per heavy atom. The number of hydrogen-bond acceptors (Lipinski definition) is 10. The van der Waals surface area contributed by atoms with Gasteiger partial charge in [0.1, 0.15) is 16.5 Å². The second-order valence-corrected chi connectivity index (χ2v) is 9.41. The third-order valence-electron chi connectivity index (χ3n) is 4.84. The molecular weight excluding hydrogens is 463 g/mol. The molecule has 2 aromatic heterocycles. The first kappa shape index (κ1) is 23.3. The van der Waals surface area contributed by atoms with Crippen molar-refractivity contribution in [2.24, 2.45) is 0 Å². The van der Waals surface area contributed by atoms with Gasteiger partial charge in [-0.15, -0.1) is 0 Å². The van der Waals surface area contributed by atoms with Crippen LogP contribution in [0.2, 0.25) is 0 Å². The predicted octanol–water partition coefficient (Wildman–Crippen LogP) is 3.27. The summed E-state index contributed by atoms with van der Waals surface area (Å²) in [6.07, 6.45) is 2.39. The quantitative estimate of drug-likeness (QED) is 0.341. The van der Waals surface area contributed by atoms with E-state index in [-0.39, 0.29) is 24.1 Å². The number of nitrogens with zero attached hydrogens (tertiary/aromatic N) is 4. The Kier molecular flexibility index (Phi) is 6.52. The van der Waals surface area contributed by atoms with Crippen molar-refractivity contribution in [3.63, 3.8) is 0 Å². The molecule has 0 aliphatic heterocycles. The van der Waals surface area contributed by atoms with E-state index in [0.29, 0.717) is 17.3 Å². The lowest BCUT2D eigenvalue weighted by Gasteiger charge is -2.19. The minimum Gasteiger partial charge on any atom is -0.394 e. The molecule has 0 bridgehead atoms. The smallest absolute Gasteiger partial charge is 0.229 e. The molecule has 4 aromatic rings. The number of aliphatic hydroxyl groups excluding tert-OH is 1. The number of nitrogens with one attached hydrogen (secondary N) is 2. The number of rotatable bonds is 8. The van der Waals surface area contributed by atoms with Gasteiger partial charge in [-0.25, -0.2) is 17.8 Å². The van der Waals surface area contributed by atoms with E-state index < -0.39 is 26.6 Å². The molecule has 0 unspecified atom stereocenters. The molecule has 3 N–H and O–H groups in total. The maximum Gasteiger partial charge on any atom is 0.229 e. The van der Waals surface area contributed by atoms with E-state index in [2.05, 4.69) is 30.7 Å². The van der Waals surface area contributed by atoms with E-state index in [1.807, 2.05) is 30.3 Å². The van der Waals surface area contributed by atoms with Crippen LogP contribution in [0.3, 0.4) is 0 Å². The van der Waals surface area contributed by atoms with Crippen LogP contribution in [0.4, 0.5) is 21.8 Å². The van der Waals surface area contributed by atoms with E-state index in [1.165, 1.54) is 18.3 Å². The number of halogens is 1. The highest BCUT2D eigenvalue weighted by molar-refractivity contribution is 7.90. The van der Waals surface area contributed by atoms with Crippen LogP contribution in [-0.4, -0.2) is 46.5 Å².